The minimum atomic E-state index is -0.533. The second kappa shape index (κ2) is 12.6. The first-order valence-corrected chi connectivity index (χ1v) is 10.3. The summed E-state index contributed by atoms with van der Waals surface area (Å²) in [6.45, 7) is 8.58. The van der Waals surface area contributed by atoms with Crippen LogP contribution in [-0.4, -0.2) is 67.5 Å². The minimum Gasteiger partial charge on any atom is -0.491 e. The number of ether oxygens (including phenoxy) is 2. The van der Waals surface area contributed by atoms with Crippen molar-refractivity contribution in [3.05, 3.63) is 65.7 Å². The molecule has 0 saturated heterocycles. The lowest BCUT2D eigenvalue weighted by molar-refractivity contribution is 0.0744. The SMILES string of the molecule is COCCN(Cc1ccc(OC[C@@H](O)CN(C)Cc2ccccc2)cc1)C(C)C. The average Bonchev–Trinajstić information content (AvgIpc) is 2.71. The van der Waals surface area contributed by atoms with Gasteiger partial charge in [-0.1, -0.05) is 42.5 Å². The van der Waals surface area contributed by atoms with Crippen LogP contribution in [0.25, 0.3) is 0 Å². The zero-order chi connectivity index (χ0) is 21.1. The predicted molar refractivity (Wildman–Crippen MR) is 118 cm³/mol. The van der Waals surface area contributed by atoms with Gasteiger partial charge in [-0.05, 0) is 44.2 Å². The average molecular weight is 401 g/mol. The highest BCUT2D eigenvalue weighted by Crippen LogP contribution is 2.15. The third-order valence-corrected chi connectivity index (χ3v) is 4.88. The van der Waals surface area contributed by atoms with E-state index < -0.39 is 6.10 Å². The van der Waals surface area contributed by atoms with Gasteiger partial charge in [0.15, 0.2) is 0 Å². The molecule has 0 saturated carbocycles. The molecule has 0 spiro atoms. The highest BCUT2D eigenvalue weighted by Gasteiger charge is 2.11. The minimum absolute atomic E-state index is 0.282. The van der Waals surface area contributed by atoms with Crippen molar-refractivity contribution in [3.8, 4) is 5.75 Å². The smallest absolute Gasteiger partial charge is 0.119 e. The lowest BCUT2D eigenvalue weighted by atomic mass is 10.2. The highest BCUT2D eigenvalue weighted by molar-refractivity contribution is 5.27. The molecular formula is C24H36N2O3. The van der Waals surface area contributed by atoms with Gasteiger partial charge in [-0.25, -0.2) is 0 Å². The molecule has 1 N–H and O–H groups in total. The van der Waals surface area contributed by atoms with Gasteiger partial charge in [0.05, 0.1) is 6.61 Å². The highest BCUT2D eigenvalue weighted by atomic mass is 16.5. The second-order valence-electron chi connectivity index (χ2n) is 7.85. The summed E-state index contributed by atoms with van der Waals surface area (Å²) < 4.78 is 11.0. The molecule has 0 unspecified atom stereocenters. The Morgan fingerprint density at radius 2 is 1.59 bits per heavy atom. The molecule has 0 bridgehead atoms. The van der Waals surface area contributed by atoms with E-state index in [0.29, 0.717) is 12.6 Å². The summed E-state index contributed by atoms with van der Waals surface area (Å²) >= 11 is 0. The first-order chi connectivity index (χ1) is 14.0. The summed E-state index contributed by atoms with van der Waals surface area (Å²) in [5.41, 5.74) is 2.48. The molecule has 0 fully saturated rings. The molecule has 0 heterocycles. The maximum atomic E-state index is 10.3. The van der Waals surface area contributed by atoms with E-state index in [4.69, 9.17) is 9.47 Å². The van der Waals surface area contributed by atoms with Crippen molar-refractivity contribution in [1.29, 1.82) is 0 Å². The Hall–Kier alpha value is -1.92. The number of aliphatic hydroxyl groups excluding tert-OH is 1. The molecule has 160 valence electrons. The first kappa shape index (κ1) is 23.4. The summed E-state index contributed by atoms with van der Waals surface area (Å²) in [5, 5.41) is 10.3. The second-order valence-corrected chi connectivity index (χ2v) is 7.85. The standard InChI is InChI=1S/C24H36N2O3/c1-20(2)26(14-15-28-4)17-22-10-12-24(13-11-22)29-19-23(27)18-25(3)16-21-8-6-5-7-9-21/h5-13,20,23,27H,14-19H2,1-4H3/t23-/m0/s1. The third kappa shape index (κ3) is 8.96. The van der Waals surface area contributed by atoms with Gasteiger partial charge in [0.25, 0.3) is 0 Å². The Morgan fingerprint density at radius 1 is 0.931 bits per heavy atom. The van der Waals surface area contributed by atoms with Crippen molar-refractivity contribution in [3.63, 3.8) is 0 Å². The van der Waals surface area contributed by atoms with Gasteiger partial charge in [0.2, 0.25) is 0 Å². The number of rotatable bonds is 13. The molecule has 2 rings (SSSR count). The molecule has 5 heteroatoms. The quantitative estimate of drug-likeness (QED) is 0.558. The molecule has 0 amide bonds. The Balaban J connectivity index is 1.75. The molecule has 0 aliphatic carbocycles. The van der Waals surface area contributed by atoms with Crippen molar-refractivity contribution < 1.29 is 14.6 Å². The monoisotopic (exact) mass is 400 g/mol. The number of aliphatic hydroxyl groups is 1. The van der Waals surface area contributed by atoms with Crippen LogP contribution in [0.4, 0.5) is 0 Å². The Labute approximate surface area is 175 Å². The van der Waals surface area contributed by atoms with Gasteiger partial charge < -0.3 is 14.6 Å². The molecule has 29 heavy (non-hydrogen) atoms. The van der Waals surface area contributed by atoms with Crippen LogP contribution in [0.2, 0.25) is 0 Å². The van der Waals surface area contributed by atoms with Crippen LogP contribution in [0.1, 0.15) is 25.0 Å². The van der Waals surface area contributed by atoms with Gasteiger partial charge >= 0.3 is 0 Å². The van der Waals surface area contributed by atoms with Crippen molar-refractivity contribution in [1.82, 2.24) is 9.80 Å². The van der Waals surface area contributed by atoms with E-state index in [-0.39, 0.29) is 6.61 Å². The molecule has 0 aliphatic rings. The van der Waals surface area contributed by atoms with Crippen LogP contribution < -0.4 is 4.74 Å². The van der Waals surface area contributed by atoms with E-state index >= 15 is 0 Å². The Kier molecular flexibility index (Phi) is 10.2. The van der Waals surface area contributed by atoms with Crippen LogP contribution in [0.15, 0.2) is 54.6 Å². The Morgan fingerprint density at radius 3 is 2.21 bits per heavy atom. The molecule has 0 aliphatic heterocycles. The number of methoxy groups -OCH3 is 1. The normalized spacial score (nSPS) is 12.7. The van der Waals surface area contributed by atoms with E-state index in [0.717, 1.165) is 32.0 Å². The summed E-state index contributed by atoms with van der Waals surface area (Å²) in [4.78, 5) is 4.48. The fourth-order valence-corrected chi connectivity index (χ4v) is 3.22. The largest absolute Gasteiger partial charge is 0.491 e. The van der Waals surface area contributed by atoms with Gasteiger partial charge in [-0.15, -0.1) is 0 Å². The summed E-state index contributed by atoms with van der Waals surface area (Å²) in [7, 11) is 3.74. The van der Waals surface area contributed by atoms with Gasteiger partial charge in [-0.3, -0.25) is 9.80 Å². The van der Waals surface area contributed by atoms with Gasteiger partial charge in [-0.2, -0.15) is 0 Å². The van der Waals surface area contributed by atoms with Crippen molar-refractivity contribution in [2.45, 2.75) is 39.1 Å². The summed E-state index contributed by atoms with van der Waals surface area (Å²) in [6.07, 6.45) is -0.533. The fourth-order valence-electron chi connectivity index (χ4n) is 3.22. The van der Waals surface area contributed by atoms with Crippen molar-refractivity contribution in [2.75, 3.05) is 40.5 Å². The van der Waals surface area contributed by atoms with Gasteiger partial charge in [0, 0.05) is 39.3 Å². The van der Waals surface area contributed by atoms with Crippen LogP contribution in [0, 0.1) is 0 Å². The molecule has 0 aromatic heterocycles. The Bertz CT molecular complexity index is 676. The van der Waals surface area contributed by atoms with Crippen LogP contribution in [-0.2, 0) is 17.8 Å². The number of nitrogens with zero attached hydrogens (tertiary/aromatic N) is 2. The fraction of sp³-hybridized carbons (Fsp3) is 0.500. The molecular weight excluding hydrogens is 364 g/mol. The van der Waals surface area contributed by atoms with Crippen LogP contribution in [0.3, 0.4) is 0 Å². The number of hydrogen-bond donors (Lipinski definition) is 1. The topological polar surface area (TPSA) is 45.2 Å². The van der Waals surface area contributed by atoms with Crippen LogP contribution in [0.5, 0.6) is 5.75 Å². The van der Waals surface area contributed by atoms with E-state index in [9.17, 15) is 5.11 Å². The maximum Gasteiger partial charge on any atom is 0.119 e. The first-order valence-electron chi connectivity index (χ1n) is 10.3. The van der Waals surface area contributed by atoms with E-state index in [1.54, 1.807) is 7.11 Å². The van der Waals surface area contributed by atoms with Crippen LogP contribution >= 0.6 is 0 Å². The number of hydrogen-bond acceptors (Lipinski definition) is 5. The van der Waals surface area contributed by atoms with E-state index in [1.807, 2.05) is 37.4 Å². The lowest BCUT2D eigenvalue weighted by Crippen LogP contribution is -2.33. The summed E-state index contributed by atoms with van der Waals surface area (Å²) in [6, 6.07) is 18.9. The van der Waals surface area contributed by atoms with Crippen molar-refractivity contribution in [2.24, 2.45) is 0 Å². The number of benzene rings is 2. The summed E-state index contributed by atoms with van der Waals surface area (Å²) in [5.74, 6) is 0.784. The molecule has 0 radical (unpaired) electrons. The number of likely N-dealkylation sites (N-methyl/N-ethyl adjacent to an activating group) is 1. The van der Waals surface area contributed by atoms with E-state index in [2.05, 4.69) is 47.9 Å². The van der Waals surface area contributed by atoms with Gasteiger partial charge in [0.1, 0.15) is 18.5 Å². The zero-order valence-electron chi connectivity index (χ0n) is 18.3. The predicted octanol–water partition coefficient (Wildman–Crippen LogP) is 3.42. The lowest BCUT2D eigenvalue weighted by Gasteiger charge is -2.26. The van der Waals surface area contributed by atoms with Crippen molar-refractivity contribution >= 4 is 0 Å². The molecule has 1 atom stereocenters. The molecule has 2 aromatic carbocycles. The zero-order valence-corrected chi connectivity index (χ0v) is 18.3. The van der Waals surface area contributed by atoms with E-state index in [1.165, 1.54) is 11.1 Å². The molecule has 5 nitrogen and oxygen atoms in total. The maximum absolute atomic E-state index is 10.3. The molecule has 2 aromatic rings. The third-order valence-electron chi connectivity index (χ3n) is 4.88.